The van der Waals surface area contributed by atoms with Gasteiger partial charge in [-0.15, -0.1) is 0 Å². The van der Waals surface area contributed by atoms with Crippen LogP contribution in [0.4, 0.5) is 5.69 Å². The number of hydrogen-bond acceptors (Lipinski definition) is 6. The highest BCUT2D eigenvalue weighted by Gasteiger charge is 2.47. The van der Waals surface area contributed by atoms with Gasteiger partial charge >= 0.3 is 5.97 Å². The van der Waals surface area contributed by atoms with Crippen molar-refractivity contribution in [3.05, 3.63) is 100 Å². The summed E-state index contributed by atoms with van der Waals surface area (Å²) >= 11 is 0. The zero-order valence-corrected chi connectivity index (χ0v) is 20.9. The highest BCUT2D eigenvalue weighted by Crippen LogP contribution is 2.43. The monoisotopic (exact) mass is 497 g/mol. The van der Waals surface area contributed by atoms with E-state index in [2.05, 4.69) is 0 Å². The highest BCUT2D eigenvalue weighted by atomic mass is 16.5. The minimum atomic E-state index is -0.850. The maximum atomic E-state index is 13.4. The Balaban J connectivity index is 1.63. The van der Waals surface area contributed by atoms with Crippen LogP contribution in [-0.4, -0.2) is 35.5 Å². The van der Waals surface area contributed by atoms with Crippen LogP contribution in [0.15, 0.2) is 72.3 Å². The number of nitrogens with zero attached hydrogens (tertiary/aromatic N) is 1. The summed E-state index contributed by atoms with van der Waals surface area (Å²) in [5, 5.41) is 11.4. The van der Waals surface area contributed by atoms with Crippen molar-refractivity contribution in [3.63, 3.8) is 0 Å². The molecule has 0 spiro atoms. The van der Waals surface area contributed by atoms with E-state index in [1.807, 2.05) is 44.2 Å². The van der Waals surface area contributed by atoms with Crippen molar-refractivity contribution < 1.29 is 29.0 Å². The van der Waals surface area contributed by atoms with Crippen LogP contribution in [0, 0.1) is 6.92 Å². The molecule has 2 aliphatic rings. The van der Waals surface area contributed by atoms with Gasteiger partial charge in [0.2, 0.25) is 0 Å². The second-order valence-electron chi connectivity index (χ2n) is 9.31. The zero-order valence-electron chi connectivity index (χ0n) is 20.9. The van der Waals surface area contributed by atoms with Crippen LogP contribution < -0.4 is 9.64 Å². The minimum absolute atomic E-state index is 0.0111. The van der Waals surface area contributed by atoms with Gasteiger partial charge in [-0.3, -0.25) is 14.5 Å². The number of ether oxygens (including phenoxy) is 2. The number of aliphatic hydroxyl groups is 1. The van der Waals surface area contributed by atoms with Crippen molar-refractivity contribution in [1.29, 1.82) is 0 Å². The molecule has 0 bridgehead atoms. The fourth-order valence-electron chi connectivity index (χ4n) is 4.95. The van der Waals surface area contributed by atoms with E-state index in [9.17, 15) is 19.5 Å². The van der Waals surface area contributed by atoms with Gasteiger partial charge in [-0.1, -0.05) is 29.8 Å². The van der Waals surface area contributed by atoms with Gasteiger partial charge in [-0.2, -0.15) is 0 Å². The molecule has 3 aromatic rings. The van der Waals surface area contributed by atoms with E-state index in [1.54, 1.807) is 43.3 Å². The number of aliphatic hydroxyl groups excluding tert-OH is 1. The Morgan fingerprint density at radius 3 is 2.49 bits per heavy atom. The lowest BCUT2D eigenvalue weighted by atomic mass is 9.93. The van der Waals surface area contributed by atoms with Gasteiger partial charge in [0.15, 0.2) is 0 Å². The summed E-state index contributed by atoms with van der Waals surface area (Å²) in [5.74, 6) is -1.49. The lowest BCUT2D eigenvalue weighted by Gasteiger charge is -2.26. The number of benzene rings is 3. The van der Waals surface area contributed by atoms with Crippen molar-refractivity contribution in [1.82, 2.24) is 0 Å². The Morgan fingerprint density at radius 1 is 1.05 bits per heavy atom. The number of Topliss-reactive ketones (excluding diaryl/α,β-unsaturated/α-hetero) is 1. The third kappa shape index (κ3) is 4.37. The first-order chi connectivity index (χ1) is 17.8. The number of aryl methyl sites for hydroxylation is 1. The molecule has 0 aliphatic carbocycles. The van der Waals surface area contributed by atoms with Crippen LogP contribution in [-0.2, 0) is 20.7 Å². The zero-order chi connectivity index (χ0) is 26.3. The molecule has 1 saturated heterocycles. The first-order valence-electron chi connectivity index (χ1n) is 12.2. The van der Waals surface area contributed by atoms with E-state index in [-0.39, 0.29) is 24.0 Å². The molecular weight excluding hydrogens is 470 g/mol. The molecule has 0 aromatic heterocycles. The number of fused-ring (bicyclic) bond motifs is 1. The summed E-state index contributed by atoms with van der Waals surface area (Å²) in [7, 11) is 0. The molecule has 0 saturated carbocycles. The molecule has 1 N–H and O–H groups in total. The fraction of sp³-hybridized carbons (Fsp3) is 0.233. The van der Waals surface area contributed by atoms with Crippen molar-refractivity contribution >= 4 is 29.1 Å². The average Bonchev–Trinajstić information content (AvgIpc) is 3.39. The maximum absolute atomic E-state index is 13.4. The molecule has 2 heterocycles. The first-order valence-corrected chi connectivity index (χ1v) is 12.2. The summed E-state index contributed by atoms with van der Waals surface area (Å²) in [6, 6.07) is 18.2. The number of anilines is 1. The van der Waals surface area contributed by atoms with Crippen LogP contribution in [0.25, 0.3) is 5.76 Å². The molecule has 1 amide bonds. The van der Waals surface area contributed by atoms with Crippen LogP contribution >= 0.6 is 0 Å². The van der Waals surface area contributed by atoms with Crippen molar-refractivity contribution in [3.8, 4) is 5.75 Å². The van der Waals surface area contributed by atoms with Gasteiger partial charge in [0.05, 0.1) is 23.8 Å². The summed E-state index contributed by atoms with van der Waals surface area (Å²) in [6.07, 6.45) is 0.724. The minimum Gasteiger partial charge on any atom is -0.507 e. The summed E-state index contributed by atoms with van der Waals surface area (Å²) < 4.78 is 10.8. The van der Waals surface area contributed by atoms with E-state index in [1.165, 1.54) is 4.90 Å². The smallest absolute Gasteiger partial charge is 0.338 e. The molecule has 0 radical (unpaired) electrons. The molecule has 3 aromatic carbocycles. The molecule has 7 nitrogen and oxygen atoms in total. The number of ketones is 1. The largest absolute Gasteiger partial charge is 0.507 e. The van der Waals surface area contributed by atoms with Gasteiger partial charge in [-0.25, -0.2) is 4.79 Å². The van der Waals surface area contributed by atoms with Crippen LogP contribution in [0.1, 0.15) is 52.5 Å². The lowest BCUT2D eigenvalue weighted by Crippen LogP contribution is -2.29. The van der Waals surface area contributed by atoms with Gasteiger partial charge in [0.25, 0.3) is 11.7 Å². The second kappa shape index (κ2) is 9.58. The molecule has 2 unspecified atom stereocenters. The standard InChI is InChI=1S/C30H27NO6/c1-4-36-30(35)19-8-11-23(12-9-19)31-26(20-7-5-6-17(2)14-20)25(28(33)29(31)34)27(32)21-10-13-24-22(16-21)15-18(3)37-24/h5-14,16,18,26,32H,4,15H2,1-3H3/b27-25-. The van der Waals surface area contributed by atoms with E-state index < -0.39 is 23.7 Å². The normalized spacial score (nSPS) is 20.0. The third-order valence-corrected chi connectivity index (χ3v) is 6.63. The number of esters is 1. The summed E-state index contributed by atoms with van der Waals surface area (Å²) in [4.78, 5) is 40.3. The van der Waals surface area contributed by atoms with Gasteiger partial charge in [-0.05, 0) is 74.4 Å². The van der Waals surface area contributed by atoms with E-state index >= 15 is 0 Å². The molecule has 188 valence electrons. The van der Waals surface area contributed by atoms with Crippen LogP contribution in [0.3, 0.4) is 0 Å². The fourth-order valence-corrected chi connectivity index (χ4v) is 4.95. The molecular formula is C30H27NO6. The molecule has 2 aliphatic heterocycles. The maximum Gasteiger partial charge on any atom is 0.338 e. The molecule has 1 fully saturated rings. The lowest BCUT2D eigenvalue weighted by molar-refractivity contribution is -0.132. The third-order valence-electron chi connectivity index (χ3n) is 6.63. The SMILES string of the molecule is CCOC(=O)c1ccc(N2C(=O)C(=O)/C(=C(\O)c3ccc4c(c3)CC(C)O4)C2c2cccc(C)c2)cc1. The number of amides is 1. The van der Waals surface area contributed by atoms with Gasteiger partial charge in [0, 0.05) is 17.7 Å². The van der Waals surface area contributed by atoms with Crippen molar-refractivity contribution in [2.75, 3.05) is 11.5 Å². The Morgan fingerprint density at radius 2 is 1.78 bits per heavy atom. The predicted molar refractivity (Wildman–Crippen MR) is 139 cm³/mol. The number of carbonyl (C=O) groups is 3. The average molecular weight is 498 g/mol. The molecule has 5 rings (SSSR count). The predicted octanol–water partition coefficient (Wildman–Crippen LogP) is 5.12. The number of rotatable bonds is 5. The summed E-state index contributed by atoms with van der Waals surface area (Å²) in [5.41, 5.74) is 3.80. The highest BCUT2D eigenvalue weighted by molar-refractivity contribution is 6.51. The van der Waals surface area contributed by atoms with E-state index in [0.29, 0.717) is 28.8 Å². The molecule has 37 heavy (non-hydrogen) atoms. The Labute approximate surface area is 214 Å². The van der Waals surface area contributed by atoms with Crippen molar-refractivity contribution in [2.24, 2.45) is 0 Å². The van der Waals surface area contributed by atoms with Gasteiger partial charge < -0.3 is 14.6 Å². The first kappa shape index (κ1) is 24.3. The van der Waals surface area contributed by atoms with E-state index in [4.69, 9.17) is 9.47 Å². The Bertz CT molecular complexity index is 1440. The molecule has 7 heteroatoms. The van der Waals surface area contributed by atoms with Crippen LogP contribution in [0.2, 0.25) is 0 Å². The Hall–Kier alpha value is -4.39. The number of hydrogen-bond donors (Lipinski definition) is 1. The van der Waals surface area contributed by atoms with E-state index in [0.717, 1.165) is 16.9 Å². The molecule has 2 atom stereocenters. The van der Waals surface area contributed by atoms with Crippen LogP contribution in [0.5, 0.6) is 5.75 Å². The number of carbonyl (C=O) groups excluding carboxylic acids is 3. The topological polar surface area (TPSA) is 93.1 Å². The Kier molecular flexibility index (Phi) is 6.29. The quantitative estimate of drug-likeness (QED) is 0.228. The second-order valence-corrected chi connectivity index (χ2v) is 9.31. The summed E-state index contributed by atoms with van der Waals surface area (Å²) in [6.45, 7) is 5.86. The van der Waals surface area contributed by atoms with Gasteiger partial charge in [0.1, 0.15) is 17.6 Å². The van der Waals surface area contributed by atoms with Crippen molar-refractivity contribution in [2.45, 2.75) is 39.3 Å².